The third kappa shape index (κ3) is 4.31. The Balaban J connectivity index is 1.58. The zero-order valence-electron chi connectivity index (χ0n) is 18.3. The molecule has 0 bridgehead atoms. The van der Waals surface area contributed by atoms with Gasteiger partial charge in [-0.25, -0.2) is 9.78 Å². The third-order valence-corrected chi connectivity index (χ3v) is 7.83. The van der Waals surface area contributed by atoms with E-state index >= 15 is 0 Å². The first-order valence-corrected chi connectivity index (χ1v) is 12.3. The van der Waals surface area contributed by atoms with Crippen molar-refractivity contribution in [3.63, 3.8) is 0 Å². The van der Waals surface area contributed by atoms with Crippen molar-refractivity contribution in [2.45, 2.75) is 49.9 Å². The Morgan fingerprint density at radius 2 is 2.03 bits per heavy atom. The number of fused-ring (bicyclic) bond motifs is 2. The van der Waals surface area contributed by atoms with Gasteiger partial charge in [0.1, 0.15) is 5.00 Å². The number of nitrogens with one attached hydrogen (secondary N) is 1. The number of rotatable bonds is 6. The van der Waals surface area contributed by atoms with Crippen molar-refractivity contribution in [3.05, 3.63) is 50.6 Å². The molecular formula is C23H25N3O4S2. The zero-order valence-corrected chi connectivity index (χ0v) is 19.9. The van der Waals surface area contributed by atoms with E-state index < -0.39 is 5.25 Å². The van der Waals surface area contributed by atoms with Crippen LogP contribution in [0.3, 0.4) is 0 Å². The molecule has 2 aromatic heterocycles. The lowest BCUT2D eigenvalue weighted by Gasteiger charge is -2.14. The second-order valence-electron chi connectivity index (χ2n) is 7.66. The summed E-state index contributed by atoms with van der Waals surface area (Å²) in [4.78, 5) is 44.0. The Bertz CT molecular complexity index is 1250. The van der Waals surface area contributed by atoms with E-state index in [1.807, 2.05) is 6.07 Å². The number of amides is 1. The fourth-order valence-corrected chi connectivity index (χ4v) is 5.96. The summed E-state index contributed by atoms with van der Waals surface area (Å²) in [5, 5.41) is 3.97. The van der Waals surface area contributed by atoms with Crippen molar-refractivity contribution in [2.75, 3.05) is 11.9 Å². The predicted molar refractivity (Wildman–Crippen MR) is 128 cm³/mol. The van der Waals surface area contributed by atoms with E-state index in [0.717, 1.165) is 36.1 Å². The van der Waals surface area contributed by atoms with E-state index in [2.05, 4.69) is 10.3 Å². The predicted octanol–water partition coefficient (Wildman–Crippen LogP) is 4.17. The number of ether oxygens (including phenoxy) is 1. The van der Waals surface area contributed by atoms with Gasteiger partial charge in [-0.1, -0.05) is 23.9 Å². The smallest absolute Gasteiger partial charge is 0.341 e. The van der Waals surface area contributed by atoms with Crippen LogP contribution in [-0.4, -0.2) is 33.3 Å². The third-order valence-electron chi connectivity index (χ3n) is 5.48. The molecule has 1 aromatic carbocycles. The monoisotopic (exact) mass is 471 g/mol. The van der Waals surface area contributed by atoms with Gasteiger partial charge in [-0.05, 0) is 57.2 Å². The van der Waals surface area contributed by atoms with E-state index in [0.29, 0.717) is 26.6 Å². The van der Waals surface area contributed by atoms with E-state index in [1.54, 1.807) is 39.1 Å². The molecule has 1 N–H and O–H groups in total. The summed E-state index contributed by atoms with van der Waals surface area (Å²) in [5.41, 5.74) is 1.95. The summed E-state index contributed by atoms with van der Waals surface area (Å²) in [6.07, 6.45) is 3.84. The minimum absolute atomic E-state index is 0.152. The van der Waals surface area contributed by atoms with Crippen LogP contribution in [-0.2, 0) is 29.4 Å². The molecule has 1 amide bonds. The number of carbonyl (C=O) groups excluding carboxylic acids is 2. The Labute approximate surface area is 194 Å². The quantitative estimate of drug-likeness (QED) is 0.330. The highest BCUT2D eigenvalue weighted by atomic mass is 32.2. The minimum atomic E-state index is -0.525. The molecule has 9 heteroatoms. The molecule has 0 saturated heterocycles. The van der Waals surface area contributed by atoms with Crippen molar-refractivity contribution in [1.82, 2.24) is 9.55 Å². The first-order valence-electron chi connectivity index (χ1n) is 10.7. The van der Waals surface area contributed by atoms with Gasteiger partial charge in [-0.2, -0.15) is 0 Å². The summed E-state index contributed by atoms with van der Waals surface area (Å²) < 4.78 is 6.73. The number of aryl methyl sites for hydroxylation is 1. The van der Waals surface area contributed by atoms with Crippen LogP contribution in [0.25, 0.3) is 10.9 Å². The van der Waals surface area contributed by atoms with Gasteiger partial charge in [0, 0.05) is 11.9 Å². The summed E-state index contributed by atoms with van der Waals surface area (Å²) >= 11 is 2.68. The number of hydrogen-bond acceptors (Lipinski definition) is 7. The number of thioether (sulfide) groups is 1. The molecule has 32 heavy (non-hydrogen) atoms. The molecule has 0 saturated carbocycles. The summed E-state index contributed by atoms with van der Waals surface area (Å²) in [6, 6.07) is 7.16. The molecule has 1 aliphatic rings. The molecular weight excluding hydrogens is 446 g/mol. The maximum Gasteiger partial charge on any atom is 0.341 e. The molecule has 0 aliphatic heterocycles. The number of benzene rings is 1. The van der Waals surface area contributed by atoms with Gasteiger partial charge < -0.3 is 10.1 Å². The standard InChI is InChI=1S/C23H25N3O4S2/c1-4-30-22(29)18-15-10-6-8-12-17(15)32-20(18)25-19(27)13(2)31-23-24-16-11-7-5-9-14(16)21(28)26(23)3/h5,7,9,11,13H,4,6,8,10,12H2,1-3H3,(H,25,27). The van der Waals surface area contributed by atoms with Crippen LogP contribution >= 0.6 is 23.1 Å². The fraction of sp³-hybridized carbons (Fsp3) is 0.391. The molecule has 1 atom stereocenters. The van der Waals surface area contributed by atoms with Gasteiger partial charge in [-0.15, -0.1) is 11.3 Å². The van der Waals surface area contributed by atoms with Crippen molar-refractivity contribution < 1.29 is 14.3 Å². The van der Waals surface area contributed by atoms with Crippen molar-refractivity contribution >= 4 is 50.9 Å². The number of para-hydroxylation sites is 1. The van der Waals surface area contributed by atoms with Crippen LogP contribution in [0.5, 0.6) is 0 Å². The van der Waals surface area contributed by atoms with Crippen LogP contribution in [0.2, 0.25) is 0 Å². The Morgan fingerprint density at radius 1 is 1.28 bits per heavy atom. The van der Waals surface area contributed by atoms with E-state index in [1.165, 1.54) is 27.7 Å². The second kappa shape index (κ2) is 9.46. The molecule has 0 spiro atoms. The Hall–Kier alpha value is -2.65. The molecule has 0 fully saturated rings. The van der Waals surface area contributed by atoms with Gasteiger partial charge in [0.25, 0.3) is 5.56 Å². The molecule has 0 radical (unpaired) electrons. The average Bonchev–Trinajstić information content (AvgIpc) is 3.15. The molecule has 7 nitrogen and oxygen atoms in total. The normalized spacial score (nSPS) is 14.1. The van der Waals surface area contributed by atoms with E-state index in [-0.39, 0.29) is 24.0 Å². The van der Waals surface area contributed by atoms with Crippen LogP contribution in [0.1, 0.15) is 47.5 Å². The number of anilines is 1. The maximum atomic E-state index is 13.0. The Kier molecular flexibility index (Phi) is 6.66. The minimum Gasteiger partial charge on any atom is -0.462 e. The highest BCUT2D eigenvalue weighted by Gasteiger charge is 2.28. The number of esters is 1. The first-order chi connectivity index (χ1) is 15.4. The lowest BCUT2D eigenvalue weighted by atomic mass is 9.95. The van der Waals surface area contributed by atoms with Crippen LogP contribution < -0.4 is 10.9 Å². The number of carbonyl (C=O) groups is 2. The number of aromatic nitrogens is 2. The van der Waals surface area contributed by atoms with Gasteiger partial charge in [-0.3, -0.25) is 14.2 Å². The number of thiophene rings is 1. The van der Waals surface area contributed by atoms with Gasteiger partial charge in [0.2, 0.25) is 5.91 Å². The summed E-state index contributed by atoms with van der Waals surface area (Å²) in [5.74, 6) is -0.636. The van der Waals surface area contributed by atoms with Crippen LogP contribution in [0, 0.1) is 0 Å². The SMILES string of the molecule is CCOC(=O)c1c(NC(=O)C(C)Sc2nc3ccccc3c(=O)n2C)sc2c1CCCC2. The first kappa shape index (κ1) is 22.5. The van der Waals surface area contributed by atoms with Crippen molar-refractivity contribution in [2.24, 2.45) is 7.05 Å². The van der Waals surface area contributed by atoms with Crippen LogP contribution in [0.15, 0.2) is 34.2 Å². The topological polar surface area (TPSA) is 90.3 Å². The van der Waals surface area contributed by atoms with E-state index in [9.17, 15) is 14.4 Å². The van der Waals surface area contributed by atoms with E-state index in [4.69, 9.17) is 4.74 Å². The molecule has 3 aromatic rings. The highest BCUT2D eigenvalue weighted by Crippen LogP contribution is 2.39. The Morgan fingerprint density at radius 3 is 2.81 bits per heavy atom. The maximum absolute atomic E-state index is 13.0. The number of hydrogen-bond donors (Lipinski definition) is 1. The number of nitrogens with zero attached hydrogens (tertiary/aromatic N) is 2. The molecule has 4 rings (SSSR count). The summed E-state index contributed by atoms with van der Waals surface area (Å²) in [7, 11) is 1.65. The molecule has 168 valence electrons. The lowest BCUT2D eigenvalue weighted by Crippen LogP contribution is -2.26. The zero-order chi connectivity index (χ0) is 22.8. The molecule has 2 heterocycles. The van der Waals surface area contributed by atoms with Crippen molar-refractivity contribution in [1.29, 1.82) is 0 Å². The average molecular weight is 472 g/mol. The molecule has 1 aliphatic carbocycles. The summed E-state index contributed by atoms with van der Waals surface area (Å²) in [6.45, 7) is 3.82. The van der Waals surface area contributed by atoms with Gasteiger partial charge in [0.05, 0.1) is 28.3 Å². The lowest BCUT2D eigenvalue weighted by molar-refractivity contribution is -0.115. The fourth-order valence-electron chi connectivity index (χ4n) is 3.80. The van der Waals surface area contributed by atoms with Crippen molar-refractivity contribution in [3.8, 4) is 0 Å². The van der Waals surface area contributed by atoms with Crippen LogP contribution in [0.4, 0.5) is 5.00 Å². The second-order valence-corrected chi connectivity index (χ2v) is 10.1. The largest absolute Gasteiger partial charge is 0.462 e. The molecule has 1 unspecified atom stereocenters. The van der Waals surface area contributed by atoms with Gasteiger partial charge >= 0.3 is 5.97 Å². The van der Waals surface area contributed by atoms with Gasteiger partial charge in [0.15, 0.2) is 5.16 Å². The highest BCUT2D eigenvalue weighted by molar-refractivity contribution is 8.00.